The molecule has 0 aromatic carbocycles. The SMILES string of the molecule is CC(=O)OCCCC(C=O)OC(=O)CC[C@@H](C)[C@H]1CCC2C3C(O)C[C@@H]4C[C@H](OC(C)=O)CC[C@]4(C)[C@H]3C[C@H](O)[C@@]21C. The van der Waals surface area contributed by atoms with Gasteiger partial charge in [-0.05, 0) is 111 Å². The van der Waals surface area contributed by atoms with Gasteiger partial charge in [-0.2, -0.15) is 0 Å². The molecule has 0 spiro atoms. The minimum absolute atomic E-state index is 0.00360. The number of carbonyl (C=O) groups is 4. The number of fused-ring (bicyclic) bond motifs is 5. The summed E-state index contributed by atoms with van der Waals surface area (Å²) >= 11 is 0. The summed E-state index contributed by atoms with van der Waals surface area (Å²) in [6.07, 6.45) is 6.13. The molecule has 0 radical (unpaired) electrons. The second kappa shape index (κ2) is 13.3. The molecule has 0 aliphatic heterocycles. The number of hydrogen-bond donors (Lipinski definition) is 2. The van der Waals surface area contributed by atoms with E-state index in [2.05, 4.69) is 20.8 Å². The fourth-order valence-corrected chi connectivity index (χ4v) is 9.89. The molecule has 4 fully saturated rings. The Labute approximate surface area is 250 Å². The van der Waals surface area contributed by atoms with Crippen LogP contribution in [0.4, 0.5) is 0 Å². The second-order valence-electron chi connectivity index (χ2n) is 14.3. The molecule has 0 aromatic rings. The Morgan fingerprint density at radius 3 is 2.38 bits per heavy atom. The molecule has 4 aliphatic rings. The highest BCUT2D eigenvalue weighted by Crippen LogP contribution is 2.68. The maximum atomic E-state index is 12.6. The van der Waals surface area contributed by atoms with Gasteiger partial charge in [0.1, 0.15) is 6.10 Å². The van der Waals surface area contributed by atoms with Gasteiger partial charge in [-0.25, -0.2) is 0 Å². The normalized spacial score (nSPS) is 40.5. The number of aldehydes is 1. The number of rotatable bonds is 11. The molecular weight excluding hydrogens is 540 g/mol. The summed E-state index contributed by atoms with van der Waals surface area (Å²) in [5.74, 6) is 0.168. The minimum Gasteiger partial charge on any atom is -0.466 e. The topological polar surface area (TPSA) is 136 Å². The van der Waals surface area contributed by atoms with Gasteiger partial charge in [-0.3, -0.25) is 19.2 Å². The van der Waals surface area contributed by atoms with Crippen molar-refractivity contribution in [1.29, 1.82) is 0 Å². The number of aliphatic hydroxyl groups is 2. The predicted molar refractivity (Wildman–Crippen MR) is 154 cm³/mol. The fraction of sp³-hybridized carbons (Fsp3) is 0.879. The van der Waals surface area contributed by atoms with Crippen molar-refractivity contribution in [1.82, 2.24) is 0 Å². The molecule has 9 heteroatoms. The van der Waals surface area contributed by atoms with Gasteiger partial charge in [0.15, 0.2) is 12.4 Å². The standard InChI is InChI=1S/C33H52O9/c1-19(8-11-30(39)42-24(18-34)7-6-14-40-20(2)35)25-9-10-26-31-27(17-29(38)33(25,26)5)32(4)13-12-23(41-21(3)36)15-22(32)16-28(31)37/h18-19,22-29,31,37-38H,6-17H2,1-5H3/t19-,22+,23-,24?,25-,26?,27+,28?,29+,31?,32+,33-/m1/s1. The molecule has 4 rings (SSSR count). The van der Waals surface area contributed by atoms with Crippen molar-refractivity contribution in [3.05, 3.63) is 0 Å². The zero-order valence-corrected chi connectivity index (χ0v) is 26.1. The van der Waals surface area contributed by atoms with Gasteiger partial charge < -0.3 is 24.4 Å². The molecule has 42 heavy (non-hydrogen) atoms. The van der Waals surface area contributed by atoms with Crippen molar-refractivity contribution in [2.45, 2.75) is 130 Å². The van der Waals surface area contributed by atoms with Crippen LogP contribution in [0.3, 0.4) is 0 Å². The Bertz CT molecular complexity index is 998. The molecular formula is C33H52O9. The molecule has 0 bridgehead atoms. The average molecular weight is 593 g/mol. The Kier molecular flexibility index (Phi) is 10.4. The van der Waals surface area contributed by atoms with E-state index in [0.29, 0.717) is 38.4 Å². The van der Waals surface area contributed by atoms with E-state index in [1.807, 2.05) is 0 Å². The van der Waals surface area contributed by atoms with Gasteiger partial charge in [0.2, 0.25) is 0 Å². The highest BCUT2D eigenvalue weighted by molar-refractivity contribution is 5.72. The van der Waals surface area contributed by atoms with E-state index in [-0.39, 0.29) is 77.4 Å². The van der Waals surface area contributed by atoms with E-state index >= 15 is 0 Å². The molecule has 2 N–H and O–H groups in total. The second-order valence-corrected chi connectivity index (χ2v) is 14.3. The van der Waals surface area contributed by atoms with Crippen LogP contribution in [0.5, 0.6) is 0 Å². The van der Waals surface area contributed by atoms with Crippen LogP contribution in [0.15, 0.2) is 0 Å². The van der Waals surface area contributed by atoms with Gasteiger partial charge >= 0.3 is 17.9 Å². The smallest absolute Gasteiger partial charge is 0.306 e. The van der Waals surface area contributed by atoms with E-state index in [1.54, 1.807) is 0 Å². The number of carbonyl (C=O) groups excluding carboxylic acids is 4. The lowest BCUT2D eigenvalue weighted by molar-refractivity contribution is -0.209. The first-order valence-electron chi connectivity index (χ1n) is 16.1. The molecule has 0 heterocycles. The van der Waals surface area contributed by atoms with Crippen LogP contribution in [0.25, 0.3) is 0 Å². The maximum absolute atomic E-state index is 12.6. The van der Waals surface area contributed by atoms with Crippen molar-refractivity contribution in [3.8, 4) is 0 Å². The Hall–Kier alpha value is -2.00. The van der Waals surface area contributed by atoms with Crippen LogP contribution in [0, 0.1) is 46.3 Å². The van der Waals surface area contributed by atoms with E-state index in [1.165, 1.54) is 13.8 Å². The minimum atomic E-state index is -0.851. The first-order valence-corrected chi connectivity index (χ1v) is 16.1. The van der Waals surface area contributed by atoms with Crippen LogP contribution < -0.4 is 0 Å². The van der Waals surface area contributed by atoms with Crippen molar-refractivity contribution >= 4 is 24.2 Å². The van der Waals surface area contributed by atoms with Gasteiger partial charge in [-0.15, -0.1) is 0 Å². The van der Waals surface area contributed by atoms with Gasteiger partial charge in [0.25, 0.3) is 0 Å². The lowest BCUT2D eigenvalue weighted by Gasteiger charge is -2.63. The first kappa shape index (κ1) is 32.9. The highest BCUT2D eigenvalue weighted by Gasteiger charge is 2.65. The summed E-state index contributed by atoms with van der Waals surface area (Å²) in [5.41, 5.74) is -0.338. The van der Waals surface area contributed by atoms with Crippen LogP contribution in [0.2, 0.25) is 0 Å². The average Bonchev–Trinajstić information content (AvgIpc) is 3.28. The summed E-state index contributed by atoms with van der Waals surface area (Å²) < 4.78 is 15.8. The molecule has 4 unspecified atom stereocenters. The number of ether oxygens (including phenoxy) is 3. The van der Waals surface area contributed by atoms with Crippen molar-refractivity contribution in [2.24, 2.45) is 46.3 Å². The predicted octanol–water partition coefficient (Wildman–Crippen LogP) is 4.39. The van der Waals surface area contributed by atoms with E-state index in [0.717, 1.165) is 32.1 Å². The van der Waals surface area contributed by atoms with Crippen LogP contribution >= 0.6 is 0 Å². The molecule has 9 nitrogen and oxygen atoms in total. The highest BCUT2D eigenvalue weighted by atomic mass is 16.6. The molecule has 0 amide bonds. The number of aliphatic hydroxyl groups excluding tert-OH is 2. The van der Waals surface area contributed by atoms with Crippen molar-refractivity contribution in [2.75, 3.05) is 6.61 Å². The van der Waals surface area contributed by atoms with Crippen molar-refractivity contribution in [3.63, 3.8) is 0 Å². The first-order chi connectivity index (χ1) is 19.8. The van der Waals surface area contributed by atoms with Crippen LogP contribution in [-0.2, 0) is 33.4 Å². The molecule has 238 valence electrons. The molecule has 4 saturated carbocycles. The Morgan fingerprint density at radius 1 is 0.976 bits per heavy atom. The van der Waals surface area contributed by atoms with Crippen molar-refractivity contribution < 1.29 is 43.6 Å². The summed E-state index contributed by atoms with van der Waals surface area (Å²) in [6.45, 7) is 9.65. The summed E-state index contributed by atoms with van der Waals surface area (Å²) in [6, 6.07) is 0. The molecule has 0 aromatic heterocycles. The van der Waals surface area contributed by atoms with E-state index in [9.17, 15) is 29.4 Å². The van der Waals surface area contributed by atoms with Gasteiger partial charge in [0, 0.05) is 20.3 Å². The van der Waals surface area contributed by atoms with Crippen LogP contribution in [-0.4, -0.2) is 65.4 Å². The Balaban J connectivity index is 1.37. The summed E-state index contributed by atoms with van der Waals surface area (Å²) in [4.78, 5) is 46.5. The number of esters is 3. The number of hydrogen-bond acceptors (Lipinski definition) is 9. The van der Waals surface area contributed by atoms with Gasteiger partial charge in [0.05, 0.1) is 18.8 Å². The molecule has 4 aliphatic carbocycles. The lowest BCUT2D eigenvalue weighted by Crippen LogP contribution is -2.62. The third kappa shape index (κ3) is 6.57. The monoisotopic (exact) mass is 592 g/mol. The zero-order valence-electron chi connectivity index (χ0n) is 26.1. The summed E-state index contributed by atoms with van der Waals surface area (Å²) in [5, 5.41) is 23.4. The molecule has 12 atom stereocenters. The maximum Gasteiger partial charge on any atom is 0.306 e. The van der Waals surface area contributed by atoms with E-state index in [4.69, 9.17) is 14.2 Å². The zero-order chi connectivity index (χ0) is 30.8. The quantitative estimate of drug-likeness (QED) is 0.155. The van der Waals surface area contributed by atoms with E-state index < -0.39 is 24.3 Å². The summed E-state index contributed by atoms with van der Waals surface area (Å²) in [7, 11) is 0. The lowest BCUT2D eigenvalue weighted by atomic mass is 9.43. The third-order valence-electron chi connectivity index (χ3n) is 12.0. The van der Waals surface area contributed by atoms with Gasteiger partial charge in [-0.1, -0.05) is 20.8 Å². The van der Waals surface area contributed by atoms with Crippen LogP contribution in [0.1, 0.15) is 105 Å². The third-order valence-corrected chi connectivity index (χ3v) is 12.0. The fourth-order valence-electron chi connectivity index (χ4n) is 9.89. The largest absolute Gasteiger partial charge is 0.466 e. The molecule has 0 saturated heterocycles. The Morgan fingerprint density at radius 2 is 1.71 bits per heavy atom.